The summed E-state index contributed by atoms with van der Waals surface area (Å²) in [5, 5.41) is 0. The molecule has 6 nitrogen and oxygen atoms in total. The second kappa shape index (κ2) is 8.05. The van der Waals surface area contributed by atoms with Gasteiger partial charge in [-0.2, -0.15) is 0 Å². The molecule has 2 saturated heterocycles. The Hall–Kier alpha value is -1.50. The number of carbonyl (C=O) groups is 1. The molecule has 24 heavy (non-hydrogen) atoms. The number of fused-ring (bicyclic) bond motifs is 1. The zero-order valence-electron chi connectivity index (χ0n) is 14.7. The average molecular weight is 332 g/mol. The largest absolute Gasteiger partial charge is 0.375 e. The Kier molecular flexibility index (Phi) is 5.81. The van der Waals surface area contributed by atoms with E-state index in [1.54, 1.807) is 4.90 Å². The summed E-state index contributed by atoms with van der Waals surface area (Å²) in [5.41, 5.74) is 1.11. The van der Waals surface area contributed by atoms with Gasteiger partial charge in [0.2, 0.25) is 5.91 Å². The number of rotatable bonds is 4. The van der Waals surface area contributed by atoms with Crippen molar-refractivity contribution < 1.29 is 9.53 Å². The average Bonchev–Trinajstić information content (AvgIpc) is 2.77. The van der Waals surface area contributed by atoms with E-state index in [0.717, 1.165) is 44.8 Å². The number of hydrogen-bond donors (Lipinski definition) is 0. The molecular weight excluding hydrogens is 304 g/mol. The van der Waals surface area contributed by atoms with Gasteiger partial charge in [0.25, 0.3) is 0 Å². The zero-order valence-corrected chi connectivity index (χ0v) is 14.7. The molecule has 0 aromatic carbocycles. The fourth-order valence-corrected chi connectivity index (χ4v) is 3.52. The number of piperidine rings is 1. The third-order valence-corrected chi connectivity index (χ3v) is 4.98. The Bertz CT molecular complexity index is 537. The monoisotopic (exact) mass is 332 g/mol. The normalized spacial score (nSPS) is 25.8. The molecule has 1 aromatic heterocycles. The van der Waals surface area contributed by atoms with E-state index in [4.69, 9.17) is 4.74 Å². The molecule has 0 N–H and O–H groups in total. The minimum Gasteiger partial charge on any atom is -0.375 e. The van der Waals surface area contributed by atoms with E-state index < -0.39 is 0 Å². The number of aromatic nitrogens is 1. The minimum absolute atomic E-state index is 0.168. The molecular formula is C18H28N4O2. The van der Waals surface area contributed by atoms with Gasteiger partial charge in [0.05, 0.1) is 24.9 Å². The minimum atomic E-state index is 0.168. The molecule has 0 spiro atoms. The highest BCUT2D eigenvalue weighted by molar-refractivity contribution is 5.77. The highest BCUT2D eigenvalue weighted by Crippen LogP contribution is 2.24. The van der Waals surface area contributed by atoms with Crippen LogP contribution in [0.1, 0.15) is 12.1 Å². The molecule has 0 saturated carbocycles. The van der Waals surface area contributed by atoms with Crippen LogP contribution in [0.15, 0.2) is 24.4 Å². The number of likely N-dealkylation sites (tertiary alicyclic amines) is 1. The molecule has 0 unspecified atom stereocenters. The van der Waals surface area contributed by atoms with Gasteiger partial charge in [-0.05, 0) is 25.1 Å². The molecule has 1 amide bonds. The van der Waals surface area contributed by atoms with Crippen LogP contribution >= 0.6 is 0 Å². The van der Waals surface area contributed by atoms with E-state index >= 15 is 0 Å². The van der Waals surface area contributed by atoms with Gasteiger partial charge >= 0.3 is 0 Å². The molecule has 0 radical (unpaired) electrons. The van der Waals surface area contributed by atoms with Crippen molar-refractivity contribution in [3.8, 4) is 0 Å². The number of amides is 1. The Morgan fingerprint density at radius 1 is 1.29 bits per heavy atom. The van der Waals surface area contributed by atoms with Crippen LogP contribution in [-0.4, -0.2) is 85.1 Å². The van der Waals surface area contributed by atoms with Crippen LogP contribution in [0.3, 0.4) is 0 Å². The van der Waals surface area contributed by atoms with Crippen LogP contribution in [0.5, 0.6) is 0 Å². The Morgan fingerprint density at radius 2 is 2.17 bits per heavy atom. The van der Waals surface area contributed by atoms with Crippen molar-refractivity contribution in [1.82, 2.24) is 19.7 Å². The smallest absolute Gasteiger partial charge is 0.236 e. The highest BCUT2D eigenvalue weighted by atomic mass is 16.5. The van der Waals surface area contributed by atoms with Crippen molar-refractivity contribution in [2.24, 2.45) is 5.92 Å². The number of nitrogens with zero attached hydrogens (tertiary/aromatic N) is 4. The van der Waals surface area contributed by atoms with Gasteiger partial charge in [-0.3, -0.25) is 19.6 Å². The summed E-state index contributed by atoms with van der Waals surface area (Å²) >= 11 is 0. The van der Waals surface area contributed by atoms with Gasteiger partial charge in [0, 0.05) is 52.4 Å². The zero-order chi connectivity index (χ0) is 16.9. The first kappa shape index (κ1) is 17.3. The third kappa shape index (κ3) is 4.53. The fourth-order valence-electron chi connectivity index (χ4n) is 3.52. The molecule has 2 aliphatic rings. The predicted molar refractivity (Wildman–Crippen MR) is 92.5 cm³/mol. The fraction of sp³-hybridized carbons (Fsp3) is 0.667. The third-order valence-electron chi connectivity index (χ3n) is 4.98. The molecule has 3 rings (SSSR count). The molecule has 0 bridgehead atoms. The highest BCUT2D eigenvalue weighted by Gasteiger charge is 2.33. The quantitative estimate of drug-likeness (QED) is 0.812. The SMILES string of the molecule is CN(C)C(=O)CN1CCO[C@H]2CN(Cc3ccccn3)CC[C@H]2C1. The van der Waals surface area contributed by atoms with Crippen LogP contribution < -0.4 is 0 Å². The first-order chi connectivity index (χ1) is 11.6. The summed E-state index contributed by atoms with van der Waals surface area (Å²) < 4.78 is 6.12. The summed E-state index contributed by atoms with van der Waals surface area (Å²) in [7, 11) is 3.63. The van der Waals surface area contributed by atoms with Crippen LogP contribution in [0.2, 0.25) is 0 Å². The first-order valence-corrected chi connectivity index (χ1v) is 8.78. The van der Waals surface area contributed by atoms with Crippen molar-refractivity contribution >= 4 is 5.91 Å². The van der Waals surface area contributed by atoms with Gasteiger partial charge in [-0.1, -0.05) is 6.07 Å². The van der Waals surface area contributed by atoms with Crippen molar-refractivity contribution in [1.29, 1.82) is 0 Å². The van der Waals surface area contributed by atoms with Gasteiger partial charge in [0.1, 0.15) is 0 Å². The van der Waals surface area contributed by atoms with E-state index in [1.807, 2.05) is 32.4 Å². The predicted octanol–water partition coefficient (Wildman–Crippen LogP) is 0.693. The van der Waals surface area contributed by atoms with Gasteiger partial charge < -0.3 is 9.64 Å². The number of pyridine rings is 1. The Balaban J connectivity index is 1.54. The van der Waals surface area contributed by atoms with Crippen molar-refractivity contribution in [2.45, 2.75) is 19.1 Å². The van der Waals surface area contributed by atoms with Crippen molar-refractivity contribution in [2.75, 3.05) is 53.4 Å². The Labute approximate surface area is 144 Å². The second-order valence-corrected chi connectivity index (χ2v) is 7.04. The summed E-state index contributed by atoms with van der Waals surface area (Å²) in [6.45, 7) is 5.91. The maximum absolute atomic E-state index is 12.0. The van der Waals surface area contributed by atoms with Gasteiger partial charge in [-0.25, -0.2) is 0 Å². The lowest BCUT2D eigenvalue weighted by Crippen LogP contribution is -2.47. The van der Waals surface area contributed by atoms with Crippen LogP contribution in [0.4, 0.5) is 0 Å². The maximum Gasteiger partial charge on any atom is 0.236 e. The molecule has 3 heterocycles. The van der Waals surface area contributed by atoms with Crippen LogP contribution in [0.25, 0.3) is 0 Å². The molecule has 1 aromatic rings. The molecule has 2 aliphatic heterocycles. The molecule has 0 aliphatic carbocycles. The van der Waals surface area contributed by atoms with E-state index in [1.165, 1.54) is 0 Å². The standard InChI is InChI=1S/C18H28N4O2/c1-20(2)18(23)14-22-9-10-24-17-13-21(8-6-15(17)11-22)12-16-5-3-4-7-19-16/h3-5,7,15,17H,6,8-14H2,1-2H3/t15-,17-/m0/s1. The van der Waals surface area contributed by atoms with Crippen LogP contribution in [-0.2, 0) is 16.1 Å². The molecule has 132 valence electrons. The van der Waals surface area contributed by atoms with E-state index in [-0.39, 0.29) is 12.0 Å². The maximum atomic E-state index is 12.0. The Morgan fingerprint density at radius 3 is 2.92 bits per heavy atom. The number of carbonyl (C=O) groups excluding carboxylic acids is 1. The van der Waals surface area contributed by atoms with Crippen LogP contribution in [0, 0.1) is 5.92 Å². The summed E-state index contributed by atoms with van der Waals surface area (Å²) in [4.78, 5) is 22.7. The second-order valence-electron chi connectivity index (χ2n) is 7.04. The van der Waals surface area contributed by atoms with Crippen molar-refractivity contribution in [3.05, 3.63) is 30.1 Å². The van der Waals surface area contributed by atoms with Crippen molar-refractivity contribution in [3.63, 3.8) is 0 Å². The lowest BCUT2D eigenvalue weighted by molar-refractivity contribution is -0.130. The van der Waals surface area contributed by atoms with E-state index in [9.17, 15) is 4.79 Å². The van der Waals surface area contributed by atoms with Gasteiger partial charge in [-0.15, -0.1) is 0 Å². The summed E-state index contributed by atoms with van der Waals surface area (Å²) in [5.74, 6) is 0.684. The summed E-state index contributed by atoms with van der Waals surface area (Å²) in [6, 6.07) is 6.07. The molecule has 6 heteroatoms. The first-order valence-electron chi connectivity index (χ1n) is 8.78. The topological polar surface area (TPSA) is 48.9 Å². The van der Waals surface area contributed by atoms with E-state index in [2.05, 4.69) is 20.9 Å². The van der Waals surface area contributed by atoms with Gasteiger partial charge in [0.15, 0.2) is 0 Å². The number of likely N-dealkylation sites (N-methyl/N-ethyl adjacent to an activating group) is 1. The number of hydrogen-bond acceptors (Lipinski definition) is 5. The molecule has 2 atom stereocenters. The summed E-state index contributed by atoms with van der Waals surface area (Å²) in [6.07, 6.45) is 3.23. The van der Waals surface area contributed by atoms with E-state index in [0.29, 0.717) is 19.1 Å². The molecule has 2 fully saturated rings. The lowest BCUT2D eigenvalue weighted by Gasteiger charge is -2.37. The lowest BCUT2D eigenvalue weighted by atomic mass is 9.93. The number of ether oxygens (including phenoxy) is 1.